The summed E-state index contributed by atoms with van der Waals surface area (Å²) < 4.78 is 23.5. The third kappa shape index (κ3) is 15.9. The first-order valence-electron chi connectivity index (χ1n) is 22.4. The minimum atomic E-state index is -0.499. The first kappa shape index (κ1) is 46.2. The number of carbonyl (C=O) groups is 2. The van der Waals surface area contributed by atoms with Crippen LogP contribution in [0.25, 0.3) is 22.3 Å². The smallest absolute Gasteiger partial charge is 0.343 e. The molecule has 0 aliphatic carbocycles. The SMILES string of the molecule is C=CCCCCCCCCCOc1ccc(-c2ccc(C(=O)Oc3cccc(OC(=O)c4ccc(-c5ccc(OCCCCCCCCCC=C)cc5)cc4)c3C)cc2)cc1. The highest BCUT2D eigenvalue weighted by Crippen LogP contribution is 2.30. The molecule has 0 aliphatic rings. The van der Waals surface area contributed by atoms with Crippen LogP contribution in [0.5, 0.6) is 23.0 Å². The number of carbonyl (C=O) groups excluding carboxylic acids is 2. The molecule has 0 unspecified atom stereocenters. The normalized spacial score (nSPS) is 10.8. The zero-order valence-electron chi connectivity index (χ0n) is 36.2. The minimum absolute atomic E-state index is 0.322. The molecule has 0 aromatic heterocycles. The van der Waals surface area contributed by atoms with Gasteiger partial charge in [-0.2, -0.15) is 0 Å². The molecule has 0 aliphatic heterocycles. The van der Waals surface area contributed by atoms with Crippen molar-refractivity contribution in [2.75, 3.05) is 13.2 Å². The Morgan fingerprint density at radius 1 is 0.426 bits per heavy atom. The topological polar surface area (TPSA) is 71.1 Å². The second-order valence-corrected chi connectivity index (χ2v) is 15.7. The van der Waals surface area contributed by atoms with Gasteiger partial charge in [-0.15, -0.1) is 13.2 Å². The lowest BCUT2D eigenvalue weighted by Crippen LogP contribution is -2.12. The van der Waals surface area contributed by atoms with Gasteiger partial charge in [0.05, 0.1) is 24.3 Å². The number of hydrogen-bond donors (Lipinski definition) is 0. The number of ether oxygens (including phenoxy) is 4. The summed E-state index contributed by atoms with van der Waals surface area (Å²) in [5.74, 6) is 1.36. The maximum absolute atomic E-state index is 13.2. The Hall–Kier alpha value is -5.88. The first-order chi connectivity index (χ1) is 29.9. The van der Waals surface area contributed by atoms with Crippen LogP contribution in [-0.2, 0) is 0 Å². The molecule has 0 radical (unpaired) electrons. The Morgan fingerprint density at radius 2 is 0.738 bits per heavy atom. The molecule has 61 heavy (non-hydrogen) atoms. The maximum atomic E-state index is 13.2. The van der Waals surface area contributed by atoms with Crippen molar-refractivity contribution >= 4 is 11.9 Å². The molecule has 0 saturated carbocycles. The minimum Gasteiger partial charge on any atom is -0.494 e. The van der Waals surface area contributed by atoms with E-state index >= 15 is 0 Å². The highest BCUT2D eigenvalue weighted by Gasteiger charge is 2.16. The average molecular weight is 821 g/mol. The van der Waals surface area contributed by atoms with Crippen LogP contribution in [-0.4, -0.2) is 25.2 Å². The molecule has 320 valence electrons. The molecule has 0 amide bonds. The molecular weight excluding hydrogens is 757 g/mol. The van der Waals surface area contributed by atoms with Crippen molar-refractivity contribution in [1.82, 2.24) is 0 Å². The molecule has 0 heterocycles. The summed E-state index contributed by atoms with van der Waals surface area (Å²) >= 11 is 0. The van der Waals surface area contributed by atoms with E-state index in [1.165, 1.54) is 77.0 Å². The monoisotopic (exact) mass is 820 g/mol. The van der Waals surface area contributed by atoms with Crippen LogP contribution in [0.1, 0.15) is 129 Å². The quantitative estimate of drug-likeness (QED) is 0.0217. The van der Waals surface area contributed by atoms with E-state index in [1.807, 2.05) is 84.9 Å². The van der Waals surface area contributed by atoms with Gasteiger partial charge in [0.15, 0.2) is 0 Å². The van der Waals surface area contributed by atoms with Gasteiger partial charge >= 0.3 is 11.9 Å². The van der Waals surface area contributed by atoms with Gasteiger partial charge in [0, 0.05) is 5.56 Å². The van der Waals surface area contributed by atoms with Crippen molar-refractivity contribution < 1.29 is 28.5 Å². The van der Waals surface area contributed by atoms with Crippen molar-refractivity contribution in [2.45, 2.75) is 110 Å². The largest absolute Gasteiger partial charge is 0.494 e. The molecule has 5 aromatic rings. The Kier molecular flexibility index (Phi) is 20.0. The fourth-order valence-corrected chi connectivity index (χ4v) is 7.15. The van der Waals surface area contributed by atoms with Crippen molar-refractivity contribution in [2.24, 2.45) is 0 Å². The van der Waals surface area contributed by atoms with E-state index in [0.717, 1.165) is 72.6 Å². The lowest BCUT2D eigenvalue weighted by atomic mass is 10.0. The second kappa shape index (κ2) is 26.4. The van der Waals surface area contributed by atoms with Crippen molar-refractivity contribution in [3.8, 4) is 45.3 Å². The summed E-state index contributed by atoms with van der Waals surface area (Å²) in [6.45, 7) is 10.8. The fraction of sp³-hybridized carbons (Fsp3) is 0.345. The molecule has 5 aromatic carbocycles. The fourth-order valence-electron chi connectivity index (χ4n) is 7.15. The zero-order chi connectivity index (χ0) is 42.9. The maximum Gasteiger partial charge on any atom is 0.343 e. The summed E-state index contributed by atoms with van der Waals surface area (Å²) in [7, 11) is 0. The lowest BCUT2D eigenvalue weighted by Gasteiger charge is -2.12. The average Bonchev–Trinajstić information content (AvgIpc) is 3.29. The van der Waals surface area contributed by atoms with Crippen LogP contribution in [0.2, 0.25) is 0 Å². The highest BCUT2D eigenvalue weighted by atomic mass is 16.5. The molecule has 0 saturated heterocycles. The summed E-state index contributed by atoms with van der Waals surface area (Å²) in [5, 5.41) is 0. The summed E-state index contributed by atoms with van der Waals surface area (Å²) in [6, 6.07) is 35.8. The van der Waals surface area contributed by atoms with E-state index in [-0.39, 0.29) is 0 Å². The number of benzene rings is 5. The zero-order valence-corrected chi connectivity index (χ0v) is 36.2. The van der Waals surface area contributed by atoms with Crippen molar-refractivity contribution in [3.05, 3.63) is 157 Å². The van der Waals surface area contributed by atoms with Crippen molar-refractivity contribution in [3.63, 3.8) is 0 Å². The molecular formula is C55H64O6. The molecule has 0 spiro atoms. The van der Waals surface area contributed by atoms with Gasteiger partial charge in [0.2, 0.25) is 0 Å². The van der Waals surface area contributed by atoms with Gasteiger partial charge in [-0.3, -0.25) is 0 Å². The molecule has 6 heteroatoms. The number of allylic oxidation sites excluding steroid dienone is 2. The molecule has 0 atom stereocenters. The third-order valence-corrected chi connectivity index (χ3v) is 10.9. The summed E-state index contributed by atoms with van der Waals surface area (Å²) in [4.78, 5) is 26.4. The van der Waals surface area contributed by atoms with Crippen LogP contribution < -0.4 is 18.9 Å². The summed E-state index contributed by atoms with van der Waals surface area (Å²) in [5.41, 5.74) is 5.39. The molecule has 5 rings (SSSR count). The number of rotatable bonds is 28. The molecule has 0 fully saturated rings. The second-order valence-electron chi connectivity index (χ2n) is 15.7. The standard InChI is InChI=1S/C55H64O6/c1-4-6-8-10-12-14-16-18-20-41-58-50-37-33-46(34-38-50)44-25-29-48(30-26-44)54(56)60-52-23-22-24-53(43(52)3)61-55(57)49-31-27-45(28-32-49)47-35-39-51(40-36-47)59-42-21-19-17-15-13-11-9-7-5-2/h4-5,22-40H,1-2,6-21,41-42H2,3H3. The Bertz CT molecular complexity index is 1920. The van der Waals surface area contributed by atoms with Crippen LogP contribution in [0, 0.1) is 6.92 Å². The molecule has 0 N–H and O–H groups in total. The number of unbranched alkanes of at least 4 members (excludes halogenated alkanes) is 14. The van der Waals surface area contributed by atoms with Crippen LogP contribution in [0.4, 0.5) is 0 Å². The van der Waals surface area contributed by atoms with Gasteiger partial charge in [0.25, 0.3) is 0 Å². The predicted octanol–water partition coefficient (Wildman–Crippen LogP) is 15.1. The molecule has 0 bridgehead atoms. The van der Waals surface area contributed by atoms with Crippen LogP contribution in [0.15, 0.2) is 141 Å². The lowest BCUT2D eigenvalue weighted by molar-refractivity contribution is 0.0730. The Labute approximate surface area is 364 Å². The first-order valence-corrected chi connectivity index (χ1v) is 22.4. The number of esters is 2. The van der Waals surface area contributed by atoms with E-state index in [4.69, 9.17) is 18.9 Å². The van der Waals surface area contributed by atoms with Crippen LogP contribution in [0.3, 0.4) is 0 Å². The van der Waals surface area contributed by atoms with Crippen LogP contribution >= 0.6 is 0 Å². The van der Waals surface area contributed by atoms with E-state index in [2.05, 4.69) is 13.2 Å². The summed E-state index contributed by atoms with van der Waals surface area (Å²) in [6.07, 6.45) is 23.5. The van der Waals surface area contributed by atoms with Gasteiger partial charge in [0.1, 0.15) is 23.0 Å². The van der Waals surface area contributed by atoms with Gasteiger partial charge < -0.3 is 18.9 Å². The highest BCUT2D eigenvalue weighted by molar-refractivity contribution is 5.93. The van der Waals surface area contributed by atoms with E-state index in [0.29, 0.717) is 28.2 Å². The van der Waals surface area contributed by atoms with E-state index in [9.17, 15) is 9.59 Å². The number of hydrogen-bond acceptors (Lipinski definition) is 6. The Balaban J connectivity index is 1.03. The Morgan fingerprint density at radius 3 is 1.08 bits per heavy atom. The van der Waals surface area contributed by atoms with Gasteiger partial charge in [-0.05, 0) is 128 Å². The van der Waals surface area contributed by atoms with Crippen molar-refractivity contribution in [1.29, 1.82) is 0 Å². The van der Waals surface area contributed by atoms with Gasteiger partial charge in [-0.25, -0.2) is 9.59 Å². The molecule has 6 nitrogen and oxygen atoms in total. The van der Waals surface area contributed by atoms with E-state index in [1.54, 1.807) is 49.4 Å². The third-order valence-electron chi connectivity index (χ3n) is 10.9. The predicted molar refractivity (Wildman–Crippen MR) is 250 cm³/mol. The van der Waals surface area contributed by atoms with Gasteiger partial charge in [-0.1, -0.05) is 131 Å². The van der Waals surface area contributed by atoms with E-state index < -0.39 is 11.9 Å².